The molecular formula is C51H32BrN. The lowest BCUT2D eigenvalue weighted by Crippen LogP contribution is -2.28. The summed E-state index contributed by atoms with van der Waals surface area (Å²) in [5, 5.41) is 7.60. The van der Waals surface area contributed by atoms with Crippen molar-refractivity contribution in [3.05, 3.63) is 221 Å². The second kappa shape index (κ2) is 11.6. The molecule has 11 rings (SSSR count). The molecule has 0 amide bonds. The van der Waals surface area contributed by atoms with Crippen LogP contribution < -0.4 is 0 Å². The molecule has 53 heavy (non-hydrogen) atoms. The number of fused-ring (bicyclic) bond motifs is 10. The summed E-state index contributed by atoms with van der Waals surface area (Å²) in [6, 6.07) is 71.9. The fourth-order valence-electron chi connectivity index (χ4n) is 9.30. The van der Waals surface area contributed by atoms with Crippen LogP contribution in [0.2, 0.25) is 0 Å². The topological polar surface area (TPSA) is 4.93 Å². The van der Waals surface area contributed by atoms with Crippen LogP contribution in [-0.4, -0.2) is 4.57 Å². The maximum absolute atomic E-state index is 3.72. The van der Waals surface area contributed by atoms with Gasteiger partial charge in [-0.3, -0.25) is 0 Å². The number of hydrogen-bond acceptors (Lipinski definition) is 0. The Labute approximate surface area is 316 Å². The van der Waals surface area contributed by atoms with Crippen LogP contribution in [0.4, 0.5) is 0 Å². The van der Waals surface area contributed by atoms with Crippen LogP contribution in [0.5, 0.6) is 0 Å². The van der Waals surface area contributed by atoms with E-state index in [1.165, 1.54) is 87.9 Å². The maximum Gasteiger partial charge on any atom is 0.0714 e. The highest BCUT2D eigenvalue weighted by atomic mass is 79.9. The van der Waals surface area contributed by atoms with E-state index in [4.69, 9.17) is 0 Å². The molecule has 0 fully saturated rings. The van der Waals surface area contributed by atoms with E-state index >= 15 is 0 Å². The molecule has 10 aromatic rings. The summed E-state index contributed by atoms with van der Waals surface area (Å²) >= 11 is 3.72. The molecule has 1 heterocycles. The van der Waals surface area contributed by atoms with Gasteiger partial charge in [0.1, 0.15) is 0 Å². The quantitative estimate of drug-likeness (QED) is 0.169. The largest absolute Gasteiger partial charge is 0.309 e. The SMILES string of the molecule is Brc1cccc(-c2ccc3c4c5ccccc5ccc4n(-c4ccc5c(c4)C(c4ccccc4)(c4ccccc4)c4ccc6ccccc6c4-5)c3c2)c1. The molecule has 0 atom stereocenters. The number of halogens is 1. The van der Waals surface area contributed by atoms with Gasteiger partial charge in [0.05, 0.1) is 16.4 Å². The molecule has 0 spiro atoms. The fourth-order valence-corrected chi connectivity index (χ4v) is 9.70. The highest BCUT2D eigenvalue weighted by Gasteiger charge is 2.47. The normalized spacial score (nSPS) is 13.2. The molecule has 1 aliphatic carbocycles. The van der Waals surface area contributed by atoms with Gasteiger partial charge in [0.25, 0.3) is 0 Å². The summed E-state index contributed by atoms with van der Waals surface area (Å²) in [6.45, 7) is 0. The zero-order valence-corrected chi connectivity index (χ0v) is 30.4. The van der Waals surface area contributed by atoms with Gasteiger partial charge in [-0.05, 0) is 102 Å². The molecule has 0 aliphatic heterocycles. The maximum atomic E-state index is 3.72. The van der Waals surface area contributed by atoms with Crippen LogP contribution in [0.1, 0.15) is 22.3 Å². The van der Waals surface area contributed by atoms with Crippen molar-refractivity contribution in [3.8, 4) is 27.9 Å². The van der Waals surface area contributed by atoms with Gasteiger partial charge in [-0.1, -0.05) is 174 Å². The predicted octanol–water partition coefficient (Wildman–Crippen LogP) is 13.9. The lowest BCUT2D eigenvalue weighted by Gasteiger charge is -2.34. The number of hydrogen-bond donors (Lipinski definition) is 0. The molecule has 1 aromatic heterocycles. The first-order valence-electron chi connectivity index (χ1n) is 18.2. The van der Waals surface area contributed by atoms with Crippen LogP contribution in [0.15, 0.2) is 199 Å². The Hall–Kier alpha value is -6.22. The van der Waals surface area contributed by atoms with Gasteiger partial charge in [-0.2, -0.15) is 0 Å². The molecule has 0 saturated heterocycles. The van der Waals surface area contributed by atoms with E-state index in [-0.39, 0.29) is 0 Å². The average molecular weight is 739 g/mol. The molecule has 1 nitrogen and oxygen atoms in total. The predicted molar refractivity (Wildman–Crippen MR) is 226 cm³/mol. The highest BCUT2D eigenvalue weighted by Crippen LogP contribution is 2.58. The van der Waals surface area contributed by atoms with E-state index in [1.54, 1.807) is 0 Å². The number of nitrogens with zero attached hydrogens (tertiary/aromatic N) is 1. The highest BCUT2D eigenvalue weighted by molar-refractivity contribution is 9.10. The Morgan fingerprint density at radius 3 is 1.83 bits per heavy atom. The summed E-state index contributed by atoms with van der Waals surface area (Å²) in [5.74, 6) is 0. The van der Waals surface area contributed by atoms with Crippen molar-refractivity contribution in [3.63, 3.8) is 0 Å². The second-order valence-corrected chi connectivity index (χ2v) is 15.1. The molecule has 9 aromatic carbocycles. The Bertz CT molecular complexity index is 3020. The molecule has 0 unspecified atom stereocenters. The molecule has 2 heteroatoms. The van der Waals surface area contributed by atoms with Crippen molar-refractivity contribution in [2.24, 2.45) is 0 Å². The molecular weight excluding hydrogens is 706 g/mol. The van der Waals surface area contributed by atoms with Crippen LogP contribution in [-0.2, 0) is 5.41 Å². The number of benzene rings is 9. The summed E-state index contributed by atoms with van der Waals surface area (Å²) in [6.07, 6.45) is 0. The van der Waals surface area contributed by atoms with Crippen molar-refractivity contribution >= 4 is 59.3 Å². The fraction of sp³-hybridized carbons (Fsp3) is 0.0196. The van der Waals surface area contributed by atoms with Crippen LogP contribution in [0.3, 0.4) is 0 Å². The van der Waals surface area contributed by atoms with Crippen molar-refractivity contribution < 1.29 is 0 Å². The van der Waals surface area contributed by atoms with Crippen molar-refractivity contribution in [1.82, 2.24) is 4.57 Å². The van der Waals surface area contributed by atoms with Gasteiger partial charge in [-0.25, -0.2) is 0 Å². The monoisotopic (exact) mass is 737 g/mol. The first-order valence-corrected chi connectivity index (χ1v) is 19.0. The Morgan fingerprint density at radius 1 is 0.415 bits per heavy atom. The zero-order chi connectivity index (χ0) is 35.1. The summed E-state index contributed by atoms with van der Waals surface area (Å²) < 4.78 is 3.58. The third-order valence-corrected chi connectivity index (χ3v) is 12.0. The van der Waals surface area contributed by atoms with E-state index in [2.05, 4.69) is 215 Å². The first-order chi connectivity index (χ1) is 26.2. The van der Waals surface area contributed by atoms with Crippen LogP contribution >= 0.6 is 15.9 Å². The minimum Gasteiger partial charge on any atom is -0.309 e. The molecule has 0 saturated carbocycles. The summed E-state index contributed by atoms with van der Waals surface area (Å²) in [5.41, 5.74) is 13.2. The third kappa shape index (κ3) is 4.37. The van der Waals surface area contributed by atoms with E-state index in [0.717, 1.165) is 10.2 Å². The molecule has 0 radical (unpaired) electrons. The summed E-state index contributed by atoms with van der Waals surface area (Å²) in [7, 11) is 0. The van der Waals surface area contributed by atoms with Crippen LogP contribution in [0, 0.1) is 0 Å². The molecule has 248 valence electrons. The summed E-state index contributed by atoms with van der Waals surface area (Å²) in [4.78, 5) is 0. The zero-order valence-electron chi connectivity index (χ0n) is 28.8. The molecule has 0 N–H and O–H groups in total. The number of rotatable bonds is 4. The van der Waals surface area contributed by atoms with E-state index in [0.29, 0.717) is 0 Å². The van der Waals surface area contributed by atoms with Crippen molar-refractivity contribution in [1.29, 1.82) is 0 Å². The number of aromatic nitrogens is 1. The lowest BCUT2D eigenvalue weighted by molar-refractivity contribution is 0.768. The Morgan fingerprint density at radius 2 is 1.08 bits per heavy atom. The molecule has 0 bridgehead atoms. The second-order valence-electron chi connectivity index (χ2n) is 14.2. The standard InChI is InChI=1S/C51H32BrN/c52-39-19-11-14-35(30-39)36-22-26-44-48(31-36)53(47-29-24-34-13-8-10-21-42(34)50(44)47)40-25-27-43-46(32-40)51(37-15-3-1-4-16-37,38-17-5-2-6-18-38)45-28-23-33-12-7-9-20-41(33)49(43)45/h1-32H. The first kappa shape index (κ1) is 30.4. The molecule has 1 aliphatic rings. The van der Waals surface area contributed by atoms with E-state index in [9.17, 15) is 0 Å². The van der Waals surface area contributed by atoms with Gasteiger partial charge >= 0.3 is 0 Å². The van der Waals surface area contributed by atoms with Gasteiger partial charge in [0, 0.05) is 20.9 Å². The lowest BCUT2D eigenvalue weighted by atomic mass is 9.67. The van der Waals surface area contributed by atoms with Gasteiger partial charge in [0.2, 0.25) is 0 Å². The van der Waals surface area contributed by atoms with Gasteiger partial charge in [0.15, 0.2) is 0 Å². The minimum absolute atomic E-state index is 0.514. The van der Waals surface area contributed by atoms with Crippen molar-refractivity contribution in [2.45, 2.75) is 5.41 Å². The average Bonchev–Trinajstić information content (AvgIpc) is 3.72. The Balaban J connectivity index is 1.28. The smallest absolute Gasteiger partial charge is 0.0714 e. The van der Waals surface area contributed by atoms with Crippen molar-refractivity contribution in [2.75, 3.05) is 0 Å². The van der Waals surface area contributed by atoms with Gasteiger partial charge < -0.3 is 4.57 Å². The Kier molecular flexibility index (Phi) is 6.68. The minimum atomic E-state index is -0.514. The van der Waals surface area contributed by atoms with E-state index < -0.39 is 5.41 Å². The van der Waals surface area contributed by atoms with Crippen LogP contribution in [0.25, 0.3) is 71.3 Å². The third-order valence-electron chi connectivity index (χ3n) is 11.5. The van der Waals surface area contributed by atoms with Gasteiger partial charge in [-0.15, -0.1) is 0 Å². The van der Waals surface area contributed by atoms with E-state index in [1.807, 2.05) is 0 Å².